The maximum Gasteiger partial charge on any atom is 0.258 e. The van der Waals surface area contributed by atoms with E-state index in [2.05, 4.69) is 0 Å². The van der Waals surface area contributed by atoms with Crippen LogP contribution in [0.4, 0.5) is 5.69 Å². The van der Waals surface area contributed by atoms with Crippen molar-refractivity contribution in [3.05, 3.63) is 70.8 Å². The van der Waals surface area contributed by atoms with Gasteiger partial charge in [-0.25, -0.2) is 0 Å². The maximum absolute atomic E-state index is 12.5. The molecule has 0 bridgehead atoms. The second-order valence-electron chi connectivity index (χ2n) is 5.62. The summed E-state index contributed by atoms with van der Waals surface area (Å²) in [5, 5.41) is 0. The lowest BCUT2D eigenvalue weighted by Crippen LogP contribution is -2.20. The Kier molecular flexibility index (Phi) is 3.41. The fraction of sp³-hybridized carbons (Fsp3) is 0.158. The molecular weight excluding hydrogens is 274 g/mol. The molecule has 1 aliphatic heterocycles. The Morgan fingerprint density at radius 2 is 1.82 bits per heavy atom. The molecule has 1 heterocycles. The van der Waals surface area contributed by atoms with Gasteiger partial charge in [0, 0.05) is 18.2 Å². The van der Waals surface area contributed by atoms with Crippen LogP contribution >= 0.6 is 0 Å². The van der Waals surface area contributed by atoms with Crippen LogP contribution in [0.5, 0.6) is 0 Å². The van der Waals surface area contributed by atoms with Gasteiger partial charge in [-0.05, 0) is 31.6 Å². The van der Waals surface area contributed by atoms with E-state index in [0.717, 1.165) is 22.4 Å². The van der Waals surface area contributed by atoms with Crippen molar-refractivity contribution in [3.63, 3.8) is 0 Å². The maximum atomic E-state index is 12.5. The Labute approximate surface area is 129 Å². The Balaban J connectivity index is 2.05. The van der Waals surface area contributed by atoms with Crippen LogP contribution in [0.25, 0.3) is 5.57 Å². The molecule has 2 aromatic carbocycles. The molecular formula is C19H17NO2. The highest BCUT2D eigenvalue weighted by molar-refractivity contribution is 6.35. The summed E-state index contributed by atoms with van der Waals surface area (Å²) in [4.78, 5) is 26.5. The molecule has 0 saturated carbocycles. The third-order valence-corrected chi connectivity index (χ3v) is 4.01. The number of anilines is 1. The fourth-order valence-corrected chi connectivity index (χ4v) is 2.84. The smallest absolute Gasteiger partial charge is 0.258 e. The molecule has 0 aromatic heterocycles. The summed E-state index contributed by atoms with van der Waals surface area (Å²) in [7, 11) is 1.73. The molecule has 3 heteroatoms. The highest BCUT2D eigenvalue weighted by Gasteiger charge is 2.29. The minimum atomic E-state index is -0.140. The van der Waals surface area contributed by atoms with Crippen molar-refractivity contribution >= 4 is 23.0 Å². The molecule has 0 N–H and O–H groups in total. The summed E-state index contributed by atoms with van der Waals surface area (Å²) in [6.07, 6.45) is 1.46. The quantitative estimate of drug-likeness (QED) is 0.627. The third kappa shape index (κ3) is 2.25. The van der Waals surface area contributed by atoms with Crippen LogP contribution in [-0.4, -0.2) is 18.7 Å². The first kappa shape index (κ1) is 14.3. The fourth-order valence-electron chi connectivity index (χ4n) is 2.84. The van der Waals surface area contributed by atoms with Gasteiger partial charge in [-0.15, -0.1) is 0 Å². The summed E-state index contributed by atoms with van der Waals surface area (Å²) in [5.74, 6) is -0.273. The van der Waals surface area contributed by atoms with Crippen LogP contribution in [-0.2, 0) is 4.79 Å². The summed E-state index contributed by atoms with van der Waals surface area (Å²) < 4.78 is 0. The normalized spacial score (nSPS) is 15.3. The Morgan fingerprint density at radius 1 is 1.09 bits per heavy atom. The average molecular weight is 291 g/mol. The van der Waals surface area contributed by atoms with Crippen molar-refractivity contribution in [2.75, 3.05) is 11.9 Å². The molecule has 3 rings (SSSR count). The minimum absolute atomic E-state index is 0.133. The van der Waals surface area contributed by atoms with Gasteiger partial charge >= 0.3 is 0 Å². The highest BCUT2D eigenvalue weighted by Crippen LogP contribution is 2.35. The zero-order valence-electron chi connectivity index (χ0n) is 12.9. The van der Waals surface area contributed by atoms with Gasteiger partial charge < -0.3 is 4.90 Å². The number of hydrogen-bond donors (Lipinski definition) is 0. The first-order chi connectivity index (χ1) is 10.5. The number of likely N-dealkylation sites (N-methyl/N-ethyl adjacent to an activating group) is 1. The van der Waals surface area contributed by atoms with Gasteiger partial charge in [0.2, 0.25) is 0 Å². The van der Waals surface area contributed by atoms with Crippen LogP contribution in [0.15, 0.2) is 48.5 Å². The molecule has 110 valence electrons. The first-order valence-corrected chi connectivity index (χ1v) is 7.20. The summed E-state index contributed by atoms with van der Waals surface area (Å²) in [5.41, 5.74) is 4.79. The second-order valence-corrected chi connectivity index (χ2v) is 5.62. The number of ketones is 1. The lowest BCUT2D eigenvalue weighted by molar-refractivity contribution is -0.112. The van der Waals surface area contributed by atoms with Crippen molar-refractivity contribution in [3.8, 4) is 0 Å². The molecule has 0 atom stereocenters. The number of para-hydroxylation sites is 1. The Bertz CT molecular complexity index is 818. The Morgan fingerprint density at radius 3 is 2.55 bits per heavy atom. The van der Waals surface area contributed by atoms with Gasteiger partial charge in [-0.1, -0.05) is 42.0 Å². The van der Waals surface area contributed by atoms with Crippen molar-refractivity contribution in [1.82, 2.24) is 0 Å². The van der Waals surface area contributed by atoms with Gasteiger partial charge in [-0.3, -0.25) is 9.59 Å². The van der Waals surface area contributed by atoms with Crippen molar-refractivity contribution in [1.29, 1.82) is 0 Å². The number of carbonyl (C=O) groups excluding carboxylic acids is 2. The topological polar surface area (TPSA) is 37.4 Å². The number of fused-ring (bicyclic) bond motifs is 1. The van der Waals surface area contributed by atoms with Gasteiger partial charge in [0.15, 0.2) is 5.78 Å². The number of nitrogens with zero attached hydrogens (tertiary/aromatic N) is 1. The molecule has 1 aliphatic rings. The predicted molar refractivity (Wildman–Crippen MR) is 88.1 cm³/mol. The van der Waals surface area contributed by atoms with E-state index in [0.29, 0.717) is 11.1 Å². The lowest BCUT2D eigenvalue weighted by atomic mass is 9.99. The molecule has 3 nitrogen and oxygen atoms in total. The van der Waals surface area contributed by atoms with Crippen LogP contribution in [0.1, 0.15) is 27.0 Å². The van der Waals surface area contributed by atoms with Crippen molar-refractivity contribution in [2.45, 2.75) is 13.8 Å². The third-order valence-electron chi connectivity index (χ3n) is 4.01. The number of aryl methyl sites for hydroxylation is 2. The molecule has 0 fully saturated rings. The van der Waals surface area contributed by atoms with E-state index in [1.165, 1.54) is 6.08 Å². The molecule has 0 aliphatic carbocycles. The van der Waals surface area contributed by atoms with Crippen LogP contribution in [0.2, 0.25) is 0 Å². The number of amides is 1. The molecule has 0 radical (unpaired) electrons. The SMILES string of the molecule is Cc1ccc(C(=O)C=C2C(=O)N(C)c3ccccc32)c(C)c1. The molecule has 2 aromatic rings. The van der Waals surface area contributed by atoms with E-state index in [4.69, 9.17) is 0 Å². The molecule has 22 heavy (non-hydrogen) atoms. The lowest BCUT2D eigenvalue weighted by Gasteiger charge is -2.08. The standard InChI is InChI=1S/C19H17NO2/c1-12-8-9-14(13(2)10-12)18(21)11-16-15-6-4-5-7-17(15)20(3)19(16)22/h4-11H,1-3H3. The predicted octanol–water partition coefficient (Wildman–Crippen LogP) is 3.55. The number of allylic oxidation sites excluding steroid dienone is 1. The number of rotatable bonds is 2. The van der Waals surface area contributed by atoms with Crippen LogP contribution < -0.4 is 4.90 Å². The summed E-state index contributed by atoms with van der Waals surface area (Å²) in [6, 6.07) is 13.2. The molecule has 1 amide bonds. The van der Waals surface area contributed by atoms with Crippen LogP contribution in [0, 0.1) is 13.8 Å². The zero-order chi connectivity index (χ0) is 15.9. The van der Waals surface area contributed by atoms with E-state index in [9.17, 15) is 9.59 Å². The number of benzene rings is 2. The van der Waals surface area contributed by atoms with Crippen LogP contribution in [0.3, 0.4) is 0 Å². The molecule has 0 unspecified atom stereocenters. The largest absolute Gasteiger partial charge is 0.311 e. The minimum Gasteiger partial charge on any atom is -0.311 e. The van der Waals surface area contributed by atoms with Crippen molar-refractivity contribution < 1.29 is 9.59 Å². The van der Waals surface area contributed by atoms with E-state index < -0.39 is 0 Å². The number of hydrogen-bond acceptors (Lipinski definition) is 2. The van der Waals surface area contributed by atoms with Gasteiger partial charge in [-0.2, -0.15) is 0 Å². The average Bonchev–Trinajstić information content (AvgIpc) is 2.73. The van der Waals surface area contributed by atoms with Crippen molar-refractivity contribution in [2.24, 2.45) is 0 Å². The molecule has 0 spiro atoms. The number of carbonyl (C=O) groups is 2. The van der Waals surface area contributed by atoms with Gasteiger partial charge in [0.25, 0.3) is 5.91 Å². The first-order valence-electron chi connectivity index (χ1n) is 7.20. The summed E-state index contributed by atoms with van der Waals surface area (Å²) >= 11 is 0. The van der Waals surface area contributed by atoms with Gasteiger partial charge in [0.1, 0.15) is 0 Å². The van der Waals surface area contributed by atoms with E-state index >= 15 is 0 Å². The Hall–Kier alpha value is -2.68. The van der Waals surface area contributed by atoms with E-state index in [1.807, 2.05) is 56.3 Å². The highest BCUT2D eigenvalue weighted by atomic mass is 16.2. The van der Waals surface area contributed by atoms with E-state index in [-0.39, 0.29) is 11.7 Å². The second kappa shape index (κ2) is 5.26. The van der Waals surface area contributed by atoms with E-state index in [1.54, 1.807) is 11.9 Å². The zero-order valence-corrected chi connectivity index (χ0v) is 12.9. The summed E-state index contributed by atoms with van der Waals surface area (Å²) in [6.45, 7) is 3.90. The van der Waals surface area contributed by atoms with Gasteiger partial charge in [0.05, 0.1) is 11.3 Å². The molecule has 0 saturated heterocycles. The monoisotopic (exact) mass is 291 g/mol.